The lowest BCUT2D eigenvalue weighted by Gasteiger charge is -2.16. The van der Waals surface area contributed by atoms with E-state index in [1.807, 2.05) is 24.3 Å². The van der Waals surface area contributed by atoms with Gasteiger partial charge in [0.25, 0.3) is 0 Å². The third kappa shape index (κ3) is 6.84. The molecular formula is C23H28N2O4S. The lowest BCUT2D eigenvalue weighted by atomic mass is 10.1. The number of rotatable bonds is 7. The predicted molar refractivity (Wildman–Crippen MR) is 123 cm³/mol. The maximum atomic E-state index is 12.4. The fourth-order valence-electron chi connectivity index (χ4n) is 2.73. The molecular weight excluding hydrogens is 400 g/mol. The number of benzene rings is 2. The van der Waals surface area contributed by atoms with Crippen LogP contribution in [0.1, 0.15) is 60.9 Å². The Labute approximate surface area is 183 Å². The number of hydrogen-bond donors (Lipinski definition) is 2. The number of para-hydroxylation sites is 1. The summed E-state index contributed by atoms with van der Waals surface area (Å²) in [5.74, 6) is -1.05. The van der Waals surface area contributed by atoms with E-state index in [1.54, 1.807) is 39.8 Å². The van der Waals surface area contributed by atoms with Crippen molar-refractivity contribution in [3.8, 4) is 0 Å². The Morgan fingerprint density at radius 2 is 1.43 bits per heavy atom. The highest BCUT2D eigenvalue weighted by Gasteiger charge is 2.17. The van der Waals surface area contributed by atoms with Crippen LogP contribution in [0.3, 0.4) is 0 Å². The van der Waals surface area contributed by atoms with Crippen LogP contribution in [0.5, 0.6) is 0 Å². The minimum atomic E-state index is -0.526. The van der Waals surface area contributed by atoms with Crippen LogP contribution < -0.4 is 10.6 Å². The molecule has 0 aromatic heterocycles. The molecule has 0 unspecified atom stereocenters. The zero-order chi connectivity index (χ0) is 22.3. The summed E-state index contributed by atoms with van der Waals surface area (Å²) in [6.45, 7) is 9.11. The van der Waals surface area contributed by atoms with E-state index < -0.39 is 11.9 Å². The third-order valence-electron chi connectivity index (χ3n) is 3.99. The van der Waals surface area contributed by atoms with E-state index in [1.165, 1.54) is 6.07 Å². The van der Waals surface area contributed by atoms with Crippen LogP contribution in [0.4, 0.5) is 11.4 Å². The first kappa shape index (κ1) is 23.3. The van der Waals surface area contributed by atoms with Crippen molar-refractivity contribution in [2.45, 2.75) is 53.2 Å². The van der Waals surface area contributed by atoms with E-state index in [0.717, 1.165) is 17.7 Å². The third-order valence-corrected chi connectivity index (χ3v) is 4.20. The molecule has 0 spiro atoms. The second-order valence-electron chi connectivity index (χ2n) is 7.30. The van der Waals surface area contributed by atoms with Crippen molar-refractivity contribution in [3.63, 3.8) is 0 Å². The Bertz CT molecular complexity index is 885. The Hall–Kier alpha value is -2.93. The molecule has 0 amide bonds. The molecule has 0 radical (unpaired) electrons. The molecule has 0 bridgehead atoms. The first-order chi connectivity index (χ1) is 14.2. The van der Waals surface area contributed by atoms with Crippen molar-refractivity contribution in [1.82, 2.24) is 0 Å². The van der Waals surface area contributed by atoms with E-state index >= 15 is 0 Å². The van der Waals surface area contributed by atoms with E-state index in [-0.39, 0.29) is 23.3 Å². The van der Waals surface area contributed by atoms with Crippen molar-refractivity contribution in [2.75, 3.05) is 10.6 Å². The van der Waals surface area contributed by atoms with Crippen LogP contribution in [-0.4, -0.2) is 29.3 Å². The molecule has 160 valence electrons. The summed E-state index contributed by atoms with van der Waals surface area (Å²) in [6.07, 6.45) is 0.287. The number of anilines is 2. The van der Waals surface area contributed by atoms with E-state index in [2.05, 4.69) is 17.6 Å². The second kappa shape index (κ2) is 10.7. The molecule has 2 rings (SSSR count). The zero-order valence-corrected chi connectivity index (χ0v) is 18.8. The molecule has 0 aliphatic heterocycles. The number of aryl methyl sites for hydroxylation is 1. The second-order valence-corrected chi connectivity index (χ2v) is 7.71. The molecule has 30 heavy (non-hydrogen) atoms. The van der Waals surface area contributed by atoms with Gasteiger partial charge < -0.3 is 20.1 Å². The molecule has 0 atom stereocenters. The van der Waals surface area contributed by atoms with Crippen molar-refractivity contribution in [3.05, 3.63) is 59.2 Å². The summed E-state index contributed by atoms with van der Waals surface area (Å²) in [4.78, 5) is 24.8. The molecule has 0 aliphatic rings. The summed E-state index contributed by atoms with van der Waals surface area (Å²) >= 11 is 5.43. The number of thiocarbonyl (C=S) groups is 1. The van der Waals surface area contributed by atoms with Crippen molar-refractivity contribution >= 4 is 40.6 Å². The van der Waals surface area contributed by atoms with Gasteiger partial charge >= 0.3 is 11.9 Å². The highest BCUT2D eigenvalue weighted by Crippen LogP contribution is 2.20. The fraction of sp³-hybridized carbons (Fsp3) is 0.348. The molecule has 2 N–H and O–H groups in total. The summed E-state index contributed by atoms with van der Waals surface area (Å²) in [5, 5.41) is 6.54. The number of ether oxygens (including phenoxy) is 2. The van der Waals surface area contributed by atoms with Crippen LogP contribution in [-0.2, 0) is 15.9 Å². The van der Waals surface area contributed by atoms with Crippen molar-refractivity contribution < 1.29 is 19.1 Å². The SMILES string of the molecule is CCc1ccccc1NC(=S)Nc1cc(C(=O)OC(C)C)cc(C(=O)OC(C)C)c1. The van der Waals surface area contributed by atoms with Crippen LogP contribution in [0, 0.1) is 0 Å². The number of hydrogen-bond acceptors (Lipinski definition) is 5. The molecule has 2 aromatic rings. The monoisotopic (exact) mass is 428 g/mol. The van der Waals surface area contributed by atoms with Gasteiger partial charge in [-0.1, -0.05) is 25.1 Å². The average molecular weight is 429 g/mol. The van der Waals surface area contributed by atoms with Crippen LogP contribution >= 0.6 is 12.2 Å². The molecule has 0 saturated carbocycles. The summed E-state index contributed by atoms with van der Waals surface area (Å²) < 4.78 is 10.5. The van der Waals surface area contributed by atoms with Gasteiger partial charge in [-0.2, -0.15) is 0 Å². The minimum Gasteiger partial charge on any atom is -0.459 e. The standard InChI is InChI=1S/C23H28N2O4S/c1-6-16-9-7-8-10-20(16)25-23(30)24-19-12-17(21(26)28-14(2)3)11-18(13-19)22(27)29-15(4)5/h7-15H,6H2,1-5H3,(H2,24,25,30). The molecule has 0 saturated heterocycles. The first-order valence-electron chi connectivity index (χ1n) is 9.92. The maximum Gasteiger partial charge on any atom is 0.338 e. The van der Waals surface area contributed by atoms with Gasteiger partial charge in [-0.05, 0) is 76.2 Å². The van der Waals surface area contributed by atoms with Gasteiger partial charge in [0.1, 0.15) is 0 Å². The Morgan fingerprint density at radius 1 is 0.900 bits per heavy atom. The molecule has 0 aliphatic carbocycles. The van der Waals surface area contributed by atoms with Gasteiger partial charge in [0.15, 0.2) is 5.11 Å². The van der Waals surface area contributed by atoms with Gasteiger partial charge in [0, 0.05) is 11.4 Å². The van der Waals surface area contributed by atoms with E-state index in [4.69, 9.17) is 21.7 Å². The van der Waals surface area contributed by atoms with Gasteiger partial charge in [0.05, 0.1) is 23.3 Å². The number of nitrogens with one attached hydrogen (secondary N) is 2. The van der Waals surface area contributed by atoms with Crippen LogP contribution in [0.25, 0.3) is 0 Å². The van der Waals surface area contributed by atoms with Crippen LogP contribution in [0.2, 0.25) is 0 Å². The molecule has 6 nitrogen and oxygen atoms in total. The molecule has 0 fully saturated rings. The minimum absolute atomic E-state index is 0.237. The Kier molecular flexibility index (Phi) is 8.35. The largest absolute Gasteiger partial charge is 0.459 e. The average Bonchev–Trinajstić information content (AvgIpc) is 2.67. The number of carbonyl (C=O) groups is 2. The first-order valence-corrected chi connectivity index (χ1v) is 10.3. The highest BCUT2D eigenvalue weighted by atomic mass is 32.1. The predicted octanol–water partition coefficient (Wildman–Crippen LogP) is 5.19. The number of carbonyl (C=O) groups excluding carboxylic acids is 2. The van der Waals surface area contributed by atoms with E-state index in [9.17, 15) is 9.59 Å². The summed E-state index contributed by atoms with van der Waals surface area (Å²) in [5.41, 5.74) is 2.97. The summed E-state index contributed by atoms with van der Waals surface area (Å²) in [7, 11) is 0. The van der Waals surface area contributed by atoms with Crippen molar-refractivity contribution in [1.29, 1.82) is 0 Å². The Balaban J connectivity index is 2.29. The normalized spacial score (nSPS) is 10.6. The van der Waals surface area contributed by atoms with E-state index in [0.29, 0.717) is 10.8 Å². The zero-order valence-electron chi connectivity index (χ0n) is 17.9. The van der Waals surface area contributed by atoms with Crippen molar-refractivity contribution in [2.24, 2.45) is 0 Å². The smallest absolute Gasteiger partial charge is 0.338 e. The molecule has 7 heteroatoms. The molecule has 2 aromatic carbocycles. The van der Waals surface area contributed by atoms with Gasteiger partial charge in [-0.15, -0.1) is 0 Å². The lowest BCUT2D eigenvalue weighted by molar-refractivity contribution is 0.0377. The molecule has 0 heterocycles. The van der Waals surface area contributed by atoms with Gasteiger partial charge in [0.2, 0.25) is 0 Å². The number of esters is 2. The van der Waals surface area contributed by atoms with Crippen LogP contribution in [0.15, 0.2) is 42.5 Å². The lowest BCUT2D eigenvalue weighted by Crippen LogP contribution is -2.21. The quantitative estimate of drug-likeness (QED) is 0.464. The fourth-order valence-corrected chi connectivity index (χ4v) is 2.96. The van der Waals surface area contributed by atoms with Gasteiger partial charge in [-0.3, -0.25) is 0 Å². The Morgan fingerprint density at radius 3 is 1.93 bits per heavy atom. The van der Waals surface area contributed by atoms with Gasteiger partial charge in [-0.25, -0.2) is 9.59 Å². The summed E-state index contributed by atoms with van der Waals surface area (Å²) in [6, 6.07) is 12.5. The maximum absolute atomic E-state index is 12.4. The topological polar surface area (TPSA) is 76.7 Å². The highest BCUT2D eigenvalue weighted by molar-refractivity contribution is 7.80.